The molecule has 0 heterocycles. The third-order valence-corrected chi connectivity index (χ3v) is 5.72. The maximum absolute atomic E-state index is 13.0. The highest BCUT2D eigenvalue weighted by atomic mass is 19.4. The molecule has 0 radical (unpaired) electrons. The van der Waals surface area contributed by atoms with Gasteiger partial charge in [-0.3, -0.25) is 4.79 Å². The summed E-state index contributed by atoms with van der Waals surface area (Å²) in [7, 11) is 0. The molecule has 2 aromatic rings. The van der Waals surface area contributed by atoms with Gasteiger partial charge in [-0.2, -0.15) is 13.2 Å². The van der Waals surface area contributed by atoms with E-state index in [1.165, 1.54) is 6.07 Å². The number of rotatable bonds is 2. The van der Waals surface area contributed by atoms with Crippen LogP contribution in [0.4, 0.5) is 13.2 Å². The zero-order valence-corrected chi connectivity index (χ0v) is 14.8. The van der Waals surface area contributed by atoms with E-state index in [4.69, 9.17) is 0 Å². The zero-order chi connectivity index (χ0) is 19.3. The maximum Gasteiger partial charge on any atom is 0.416 e. The highest BCUT2D eigenvalue weighted by molar-refractivity contribution is 6.23. The van der Waals surface area contributed by atoms with Crippen LogP contribution in [0.3, 0.4) is 0 Å². The standard InChI is InChI=1S/C22H19F3O2/c1-12-5-6-14(13-3-2-4-17(10-13)22(23,24)25)11-18(12)19-20(26)15-7-8-16(9-15)21(19)27/h2-6,10-11,15-16,26H,7-9H2,1H3. The molecular formula is C22H19F3O2. The normalized spacial score (nSPS) is 22.4. The van der Waals surface area contributed by atoms with E-state index in [9.17, 15) is 23.1 Å². The zero-order valence-electron chi connectivity index (χ0n) is 14.8. The number of aliphatic hydroxyl groups is 1. The van der Waals surface area contributed by atoms with Crippen LogP contribution in [0.25, 0.3) is 16.7 Å². The number of carbonyl (C=O) groups excluding carboxylic acids is 1. The summed E-state index contributed by atoms with van der Waals surface area (Å²) < 4.78 is 39.1. The Labute approximate surface area is 155 Å². The van der Waals surface area contributed by atoms with Crippen LogP contribution in [-0.4, -0.2) is 10.9 Å². The molecule has 2 unspecified atom stereocenters. The summed E-state index contributed by atoms with van der Waals surface area (Å²) >= 11 is 0. The molecule has 0 spiro atoms. The van der Waals surface area contributed by atoms with Crippen LogP contribution in [0.2, 0.25) is 0 Å². The molecule has 2 aliphatic rings. The van der Waals surface area contributed by atoms with Crippen molar-refractivity contribution in [2.75, 3.05) is 0 Å². The van der Waals surface area contributed by atoms with Crippen LogP contribution in [0.1, 0.15) is 36.0 Å². The summed E-state index contributed by atoms with van der Waals surface area (Å²) in [5.41, 5.74) is 2.09. The number of aryl methyl sites for hydroxylation is 1. The first-order valence-electron chi connectivity index (χ1n) is 9.01. The molecule has 1 saturated carbocycles. The second kappa shape index (κ2) is 6.25. The van der Waals surface area contributed by atoms with E-state index in [-0.39, 0.29) is 23.4 Å². The second-order valence-electron chi connectivity index (χ2n) is 7.44. The Hall–Kier alpha value is -2.56. The van der Waals surface area contributed by atoms with Crippen molar-refractivity contribution in [3.63, 3.8) is 0 Å². The number of hydrogen-bond donors (Lipinski definition) is 1. The van der Waals surface area contributed by atoms with Crippen molar-refractivity contribution < 1.29 is 23.1 Å². The molecule has 0 amide bonds. The Morgan fingerprint density at radius 3 is 2.44 bits per heavy atom. The molecule has 0 aliphatic heterocycles. The molecule has 2 bridgehead atoms. The van der Waals surface area contributed by atoms with E-state index in [0.717, 1.165) is 30.5 Å². The van der Waals surface area contributed by atoms with Crippen molar-refractivity contribution >= 4 is 11.4 Å². The average Bonchev–Trinajstić information content (AvgIpc) is 3.08. The van der Waals surface area contributed by atoms with Gasteiger partial charge in [-0.15, -0.1) is 0 Å². The molecule has 1 fully saturated rings. The first-order chi connectivity index (χ1) is 12.8. The molecule has 2 nitrogen and oxygen atoms in total. The Kier molecular flexibility index (Phi) is 4.13. The Morgan fingerprint density at radius 1 is 1.00 bits per heavy atom. The molecule has 1 N–H and O–H groups in total. The molecule has 2 aromatic carbocycles. The number of aliphatic hydroxyl groups excluding tert-OH is 1. The van der Waals surface area contributed by atoms with Crippen molar-refractivity contribution in [1.29, 1.82) is 0 Å². The number of alkyl halides is 3. The van der Waals surface area contributed by atoms with Crippen LogP contribution in [0.15, 0.2) is 48.2 Å². The molecule has 2 atom stereocenters. The van der Waals surface area contributed by atoms with E-state index in [1.54, 1.807) is 24.3 Å². The minimum atomic E-state index is -4.41. The lowest BCUT2D eigenvalue weighted by atomic mass is 9.81. The third kappa shape index (κ3) is 3.05. The van der Waals surface area contributed by atoms with Gasteiger partial charge < -0.3 is 5.11 Å². The number of ketones is 1. The largest absolute Gasteiger partial charge is 0.511 e. The van der Waals surface area contributed by atoms with Crippen molar-refractivity contribution in [1.82, 2.24) is 0 Å². The number of fused-ring (bicyclic) bond motifs is 2. The quantitative estimate of drug-likeness (QED) is 0.707. The number of carbonyl (C=O) groups is 1. The average molecular weight is 372 g/mol. The van der Waals surface area contributed by atoms with Crippen LogP contribution in [-0.2, 0) is 11.0 Å². The van der Waals surface area contributed by atoms with Gasteiger partial charge in [-0.25, -0.2) is 0 Å². The van der Waals surface area contributed by atoms with E-state index >= 15 is 0 Å². The van der Waals surface area contributed by atoms with E-state index in [0.29, 0.717) is 28.7 Å². The van der Waals surface area contributed by atoms with Crippen molar-refractivity contribution in [3.8, 4) is 11.1 Å². The fourth-order valence-electron chi connectivity index (χ4n) is 4.22. The van der Waals surface area contributed by atoms with Crippen LogP contribution in [0.5, 0.6) is 0 Å². The van der Waals surface area contributed by atoms with Gasteiger partial charge in [0.2, 0.25) is 0 Å². The van der Waals surface area contributed by atoms with Gasteiger partial charge in [0, 0.05) is 11.8 Å². The Balaban J connectivity index is 1.82. The lowest BCUT2D eigenvalue weighted by Crippen LogP contribution is -2.21. The molecule has 0 aromatic heterocycles. The van der Waals surface area contributed by atoms with Crippen LogP contribution < -0.4 is 0 Å². The van der Waals surface area contributed by atoms with Crippen LogP contribution in [0, 0.1) is 18.8 Å². The fourth-order valence-corrected chi connectivity index (χ4v) is 4.22. The van der Waals surface area contributed by atoms with Gasteiger partial charge in [-0.05, 0) is 66.6 Å². The van der Waals surface area contributed by atoms with Crippen molar-refractivity contribution in [2.24, 2.45) is 11.8 Å². The van der Waals surface area contributed by atoms with E-state index in [2.05, 4.69) is 0 Å². The van der Waals surface area contributed by atoms with Gasteiger partial charge in [-0.1, -0.05) is 24.3 Å². The monoisotopic (exact) mass is 372 g/mol. The summed E-state index contributed by atoms with van der Waals surface area (Å²) in [6.45, 7) is 1.84. The minimum Gasteiger partial charge on any atom is -0.511 e. The summed E-state index contributed by atoms with van der Waals surface area (Å²) in [4.78, 5) is 12.8. The molecular weight excluding hydrogens is 353 g/mol. The van der Waals surface area contributed by atoms with E-state index < -0.39 is 11.7 Å². The molecule has 2 aliphatic carbocycles. The van der Waals surface area contributed by atoms with Crippen molar-refractivity contribution in [3.05, 3.63) is 64.9 Å². The second-order valence-corrected chi connectivity index (χ2v) is 7.44. The summed E-state index contributed by atoms with van der Waals surface area (Å²) in [5, 5.41) is 10.6. The molecule has 0 saturated heterocycles. The predicted molar refractivity (Wildman–Crippen MR) is 97.0 cm³/mol. The predicted octanol–water partition coefficient (Wildman–Crippen LogP) is 5.95. The number of hydrogen-bond acceptors (Lipinski definition) is 2. The maximum atomic E-state index is 13.0. The number of benzene rings is 2. The lowest BCUT2D eigenvalue weighted by molar-refractivity contribution is -0.137. The van der Waals surface area contributed by atoms with Crippen molar-refractivity contribution in [2.45, 2.75) is 32.4 Å². The molecule has 27 heavy (non-hydrogen) atoms. The fraction of sp³-hybridized carbons (Fsp3) is 0.318. The van der Waals surface area contributed by atoms with Gasteiger partial charge in [0.05, 0.1) is 11.1 Å². The first-order valence-corrected chi connectivity index (χ1v) is 9.01. The van der Waals surface area contributed by atoms with Gasteiger partial charge in [0.25, 0.3) is 0 Å². The molecule has 4 rings (SSSR count). The lowest BCUT2D eigenvalue weighted by Gasteiger charge is -2.23. The smallest absolute Gasteiger partial charge is 0.416 e. The number of allylic oxidation sites excluding steroid dienone is 2. The first kappa shape index (κ1) is 17.8. The van der Waals surface area contributed by atoms with Gasteiger partial charge in [0.15, 0.2) is 5.78 Å². The summed E-state index contributed by atoms with van der Waals surface area (Å²) in [5.74, 6) is 0.0420. The minimum absolute atomic E-state index is 0.0133. The summed E-state index contributed by atoms with van der Waals surface area (Å²) in [6, 6.07) is 10.4. The molecule has 140 valence electrons. The van der Waals surface area contributed by atoms with Crippen LogP contribution >= 0.6 is 0 Å². The van der Waals surface area contributed by atoms with Gasteiger partial charge in [0.1, 0.15) is 5.76 Å². The molecule has 5 heteroatoms. The summed E-state index contributed by atoms with van der Waals surface area (Å²) in [6.07, 6.45) is -2.13. The Bertz CT molecular complexity index is 956. The van der Waals surface area contributed by atoms with Gasteiger partial charge >= 0.3 is 6.18 Å². The third-order valence-electron chi connectivity index (χ3n) is 5.72. The number of Topliss-reactive ketones (excluding diaryl/α,β-unsaturated/α-hetero) is 1. The highest BCUT2D eigenvalue weighted by Crippen LogP contribution is 2.46. The SMILES string of the molecule is Cc1ccc(-c2cccc(C(F)(F)F)c2)cc1C1=C(O)C2CCC(C2)C1=O. The Morgan fingerprint density at radius 2 is 1.70 bits per heavy atom. The number of halogens is 3. The topological polar surface area (TPSA) is 37.3 Å². The highest BCUT2D eigenvalue weighted by Gasteiger charge is 2.41. The van der Waals surface area contributed by atoms with E-state index in [1.807, 2.05) is 6.92 Å².